The minimum Gasteiger partial charge on any atom is -0.261 e. The minimum absolute atomic E-state index is 0.760. The van der Waals surface area contributed by atoms with Gasteiger partial charge in [-0.15, -0.1) is 0 Å². The van der Waals surface area contributed by atoms with E-state index in [-0.39, 0.29) is 0 Å². The molecule has 18 heavy (non-hydrogen) atoms. The summed E-state index contributed by atoms with van der Waals surface area (Å²) >= 11 is 6.24. The van der Waals surface area contributed by atoms with Crippen molar-refractivity contribution in [2.75, 3.05) is 0 Å². The highest BCUT2D eigenvalue weighted by molar-refractivity contribution is 6.33. The smallest absolute Gasteiger partial charge is 0.0704 e. The van der Waals surface area contributed by atoms with Gasteiger partial charge in [0.2, 0.25) is 0 Å². The third kappa shape index (κ3) is 2.99. The topological polar surface area (TPSA) is 12.4 Å². The van der Waals surface area contributed by atoms with Gasteiger partial charge in [-0.1, -0.05) is 61.3 Å². The summed E-state index contributed by atoms with van der Waals surface area (Å²) < 4.78 is 0. The molecule has 0 aliphatic heterocycles. The maximum absolute atomic E-state index is 6.24. The molecule has 2 aromatic carbocycles. The second-order valence-corrected chi connectivity index (χ2v) is 4.50. The number of rotatable bonds is 4. The SMILES string of the molecule is CCC/C=N/c1ccccc1-c1ccccc1Cl. The molecule has 1 nitrogen and oxygen atoms in total. The zero-order valence-corrected chi connectivity index (χ0v) is 11.2. The highest BCUT2D eigenvalue weighted by Crippen LogP contribution is 2.34. The van der Waals surface area contributed by atoms with Crippen LogP contribution in [0.5, 0.6) is 0 Å². The molecular weight excluding hydrogens is 242 g/mol. The average Bonchev–Trinajstić information content (AvgIpc) is 2.40. The van der Waals surface area contributed by atoms with Gasteiger partial charge in [0.05, 0.1) is 5.69 Å². The molecule has 0 amide bonds. The van der Waals surface area contributed by atoms with E-state index in [1.807, 2.05) is 48.7 Å². The van der Waals surface area contributed by atoms with E-state index in [9.17, 15) is 0 Å². The van der Waals surface area contributed by atoms with Gasteiger partial charge in [-0.2, -0.15) is 0 Å². The molecule has 0 aliphatic carbocycles. The van der Waals surface area contributed by atoms with E-state index < -0.39 is 0 Å². The number of unbranched alkanes of at least 4 members (excludes halogenated alkanes) is 1. The summed E-state index contributed by atoms with van der Waals surface area (Å²) in [6.07, 6.45) is 4.07. The first-order chi connectivity index (χ1) is 8.83. The first-order valence-corrected chi connectivity index (χ1v) is 6.57. The van der Waals surface area contributed by atoms with Crippen molar-refractivity contribution in [1.82, 2.24) is 0 Å². The molecule has 0 aliphatic rings. The zero-order valence-electron chi connectivity index (χ0n) is 10.4. The van der Waals surface area contributed by atoms with Crippen LogP contribution in [0.1, 0.15) is 19.8 Å². The lowest BCUT2D eigenvalue weighted by Gasteiger charge is -2.07. The zero-order chi connectivity index (χ0) is 12.8. The summed E-state index contributed by atoms with van der Waals surface area (Å²) in [6.45, 7) is 2.14. The fourth-order valence-corrected chi connectivity index (χ4v) is 2.02. The number of aliphatic imine (C=N–C) groups is 1. The lowest BCUT2D eigenvalue weighted by molar-refractivity contribution is 1.01. The number of nitrogens with zero attached hydrogens (tertiary/aromatic N) is 1. The van der Waals surface area contributed by atoms with Crippen LogP contribution < -0.4 is 0 Å². The van der Waals surface area contributed by atoms with Crippen LogP contribution in [0.2, 0.25) is 5.02 Å². The second kappa shape index (κ2) is 6.36. The molecule has 0 N–H and O–H groups in total. The van der Waals surface area contributed by atoms with Crippen molar-refractivity contribution in [3.05, 3.63) is 53.6 Å². The lowest BCUT2D eigenvalue weighted by Crippen LogP contribution is -1.81. The molecule has 0 saturated heterocycles. The Bertz CT molecular complexity index is 546. The van der Waals surface area contributed by atoms with Crippen molar-refractivity contribution < 1.29 is 0 Å². The fourth-order valence-electron chi connectivity index (χ4n) is 1.79. The van der Waals surface area contributed by atoms with Gasteiger partial charge in [0.25, 0.3) is 0 Å². The Kier molecular flexibility index (Phi) is 4.54. The molecule has 0 spiro atoms. The molecule has 0 radical (unpaired) electrons. The maximum atomic E-state index is 6.24. The van der Waals surface area contributed by atoms with Gasteiger partial charge in [0.1, 0.15) is 0 Å². The van der Waals surface area contributed by atoms with E-state index in [1.165, 1.54) is 0 Å². The van der Waals surface area contributed by atoms with Crippen LogP contribution >= 0.6 is 11.6 Å². The summed E-state index contributed by atoms with van der Waals surface area (Å²) in [4.78, 5) is 4.53. The molecule has 0 fully saturated rings. The molecule has 0 bridgehead atoms. The standard InChI is InChI=1S/C16H16ClN/c1-2-3-12-18-16-11-7-5-9-14(16)13-8-4-6-10-15(13)17/h4-12H,2-3H2,1H3/b18-12+. The van der Waals surface area contributed by atoms with Gasteiger partial charge in [-0.25, -0.2) is 0 Å². The Morgan fingerprint density at radius 2 is 1.67 bits per heavy atom. The Balaban J connectivity index is 2.42. The number of hydrogen-bond acceptors (Lipinski definition) is 1. The molecule has 0 atom stereocenters. The first kappa shape index (κ1) is 12.8. The Morgan fingerprint density at radius 3 is 2.39 bits per heavy atom. The van der Waals surface area contributed by atoms with E-state index >= 15 is 0 Å². The Hall–Kier alpha value is -1.60. The van der Waals surface area contributed by atoms with E-state index in [1.54, 1.807) is 0 Å². The van der Waals surface area contributed by atoms with Crippen molar-refractivity contribution in [2.45, 2.75) is 19.8 Å². The van der Waals surface area contributed by atoms with Crippen molar-refractivity contribution in [3.8, 4) is 11.1 Å². The highest BCUT2D eigenvalue weighted by Gasteiger charge is 2.06. The molecule has 2 aromatic rings. The van der Waals surface area contributed by atoms with Gasteiger partial charge in [0.15, 0.2) is 0 Å². The lowest BCUT2D eigenvalue weighted by atomic mass is 10.0. The molecule has 0 heterocycles. The maximum Gasteiger partial charge on any atom is 0.0704 e. The number of benzene rings is 2. The van der Waals surface area contributed by atoms with Crippen LogP contribution in [0.3, 0.4) is 0 Å². The van der Waals surface area contributed by atoms with Crippen LogP contribution in [0.25, 0.3) is 11.1 Å². The van der Waals surface area contributed by atoms with Crippen LogP contribution in [0, 0.1) is 0 Å². The predicted octanol–water partition coefficient (Wildman–Crippen LogP) is 5.51. The average molecular weight is 258 g/mol. The minimum atomic E-state index is 0.760. The summed E-state index contributed by atoms with van der Waals surface area (Å²) in [5.41, 5.74) is 3.08. The largest absolute Gasteiger partial charge is 0.261 e. The molecule has 0 aromatic heterocycles. The monoisotopic (exact) mass is 257 g/mol. The third-order valence-electron chi connectivity index (χ3n) is 2.72. The van der Waals surface area contributed by atoms with Crippen molar-refractivity contribution in [3.63, 3.8) is 0 Å². The van der Waals surface area contributed by atoms with Gasteiger partial charge < -0.3 is 0 Å². The Labute approximate surface area is 113 Å². The molecule has 92 valence electrons. The molecule has 0 unspecified atom stereocenters. The quantitative estimate of drug-likeness (QED) is 0.641. The first-order valence-electron chi connectivity index (χ1n) is 6.19. The summed E-state index contributed by atoms with van der Waals surface area (Å²) in [6, 6.07) is 15.9. The van der Waals surface area contributed by atoms with E-state index in [0.29, 0.717) is 0 Å². The summed E-state index contributed by atoms with van der Waals surface area (Å²) in [7, 11) is 0. The van der Waals surface area contributed by atoms with E-state index in [0.717, 1.165) is 34.7 Å². The third-order valence-corrected chi connectivity index (χ3v) is 3.05. The number of para-hydroxylation sites is 1. The van der Waals surface area contributed by atoms with Crippen LogP contribution in [-0.4, -0.2) is 6.21 Å². The van der Waals surface area contributed by atoms with Crippen LogP contribution in [0.15, 0.2) is 53.5 Å². The molecule has 2 rings (SSSR count). The van der Waals surface area contributed by atoms with Gasteiger partial charge >= 0.3 is 0 Å². The summed E-state index contributed by atoms with van der Waals surface area (Å²) in [5.74, 6) is 0. The fraction of sp³-hybridized carbons (Fsp3) is 0.188. The second-order valence-electron chi connectivity index (χ2n) is 4.10. The predicted molar refractivity (Wildman–Crippen MR) is 79.9 cm³/mol. The highest BCUT2D eigenvalue weighted by atomic mass is 35.5. The van der Waals surface area contributed by atoms with Crippen molar-refractivity contribution in [1.29, 1.82) is 0 Å². The van der Waals surface area contributed by atoms with Gasteiger partial charge in [0, 0.05) is 22.4 Å². The van der Waals surface area contributed by atoms with Crippen LogP contribution in [0.4, 0.5) is 5.69 Å². The normalized spacial score (nSPS) is 11.0. The van der Waals surface area contributed by atoms with Gasteiger partial charge in [-0.3, -0.25) is 4.99 Å². The van der Waals surface area contributed by atoms with Crippen molar-refractivity contribution >= 4 is 23.5 Å². The van der Waals surface area contributed by atoms with E-state index in [4.69, 9.17) is 11.6 Å². The number of halogens is 1. The molecule has 0 saturated carbocycles. The van der Waals surface area contributed by atoms with Crippen molar-refractivity contribution in [2.24, 2.45) is 4.99 Å². The molecule has 2 heteroatoms. The Morgan fingerprint density at radius 1 is 1.00 bits per heavy atom. The molecular formula is C16H16ClN. The summed E-state index contributed by atoms with van der Waals surface area (Å²) in [5, 5.41) is 0.760. The van der Waals surface area contributed by atoms with E-state index in [2.05, 4.69) is 18.0 Å². The van der Waals surface area contributed by atoms with Gasteiger partial charge in [-0.05, 0) is 18.6 Å². The number of hydrogen-bond donors (Lipinski definition) is 0. The van der Waals surface area contributed by atoms with Crippen LogP contribution in [-0.2, 0) is 0 Å².